The maximum Gasteiger partial charge on any atom is 0.136 e. The zero-order chi connectivity index (χ0) is 9.84. The summed E-state index contributed by atoms with van der Waals surface area (Å²) in [7, 11) is 0. The Hall–Kier alpha value is -0.590. The number of hydrogen-bond acceptors (Lipinski definition) is 1. The fourth-order valence-electron chi connectivity index (χ4n) is 2.12. The first-order valence-corrected chi connectivity index (χ1v) is 5.32. The molecule has 0 aromatic heterocycles. The van der Waals surface area contributed by atoms with Crippen molar-refractivity contribution in [1.29, 1.82) is 0 Å². The Kier molecular flexibility index (Phi) is 3.71. The van der Waals surface area contributed by atoms with Crippen LogP contribution in [0.2, 0.25) is 0 Å². The van der Waals surface area contributed by atoms with E-state index in [9.17, 15) is 4.79 Å². The van der Waals surface area contributed by atoms with Crippen molar-refractivity contribution in [3.05, 3.63) is 11.6 Å². The van der Waals surface area contributed by atoms with Gasteiger partial charge in [-0.2, -0.15) is 0 Å². The van der Waals surface area contributed by atoms with Gasteiger partial charge in [0.25, 0.3) is 0 Å². The topological polar surface area (TPSA) is 17.1 Å². The van der Waals surface area contributed by atoms with Crippen molar-refractivity contribution in [2.45, 2.75) is 46.5 Å². The summed E-state index contributed by atoms with van der Waals surface area (Å²) in [5.74, 6) is 1.25. The number of carbonyl (C=O) groups is 1. The van der Waals surface area contributed by atoms with Crippen molar-refractivity contribution in [3.63, 3.8) is 0 Å². The summed E-state index contributed by atoms with van der Waals surface area (Å²) >= 11 is 0. The maximum absolute atomic E-state index is 11.6. The van der Waals surface area contributed by atoms with E-state index in [0.29, 0.717) is 17.6 Å². The fraction of sp³-hybridized carbons (Fsp3) is 0.750. The van der Waals surface area contributed by atoms with Gasteiger partial charge in [0.2, 0.25) is 0 Å². The average Bonchev–Trinajstić information content (AvgIpc) is 2.16. The second kappa shape index (κ2) is 4.59. The lowest BCUT2D eigenvalue weighted by atomic mass is 9.77. The molecule has 74 valence electrons. The number of carbonyl (C=O) groups excluding carboxylic acids is 1. The molecule has 1 aliphatic carbocycles. The van der Waals surface area contributed by atoms with Crippen LogP contribution < -0.4 is 0 Å². The van der Waals surface area contributed by atoms with E-state index in [-0.39, 0.29) is 0 Å². The lowest BCUT2D eigenvalue weighted by Gasteiger charge is -2.26. The van der Waals surface area contributed by atoms with Crippen LogP contribution in [0.25, 0.3) is 0 Å². The summed E-state index contributed by atoms with van der Waals surface area (Å²) in [4.78, 5) is 11.6. The van der Waals surface area contributed by atoms with Crippen molar-refractivity contribution >= 4 is 5.78 Å². The highest BCUT2D eigenvalue weighted by atomic mass is 16.1. The van der Waals surface area contributed by atoms with Gasteiger partial charge in [0, 0.05) is 12.3 Å². The fourth-order valence-corrected chi connectivity index (χ4v) is 2.12. The highest BCUT2D eigenvalue weighted by Crippen LogP contribution is 2.30. The number of Topliss-reactive ketones (excluding diaryl/α,β-unsaturated/α-hetero) is 1. The number of hydrogen-bond donors (Lipinski definition) is 0. The largest absolute Gasteiger partial charge is 0.299 e. The quantitative estimate of drug-likeness (QED) is 0.596. The van der Waals surface area contributed by atoms with Gasteiger partial charge >= 0.3 is 0 Å². The number of ketones is 1. The minimum Gasteiger partial charge on any atom is -0.299 e. The Morgan fingerprint density at radius 3 is 2.77 bits per heavy atom. The van der Waals surface area contributed by atoms with Crippen LogP contribution >= 0.6 is 0 Å². The molecule has 1 heteroatoms. The number of rotatable bonds is 2. The summed E-state index contributed by atoms with van der Waals surface area (Å²) in [6, 6.07) is 0. The van der Waals surface area contributed by atoms with Gasteiger partial charge in [-0.15, -0.1) is 0 Å². The van der Waals surface area contributed by atoms with Crippen molar-refractivity contribution in [1.82, 2.24) is 0 Å². The standard InChI is InChI=1S/C12H20O/c1-4-9(2)10(3)11-7-5-6-8-12(11)13/h4,10-11H,5-8H2,1-3H3. The molecule has 0 amide bonds. The third-order valence-corrected chi connectivity index (χ3v) is 3.38. The summed E-state index contributed by atoms with van der Waals surface area (Å²) < 4.78 is 0. The molecule has 0 heterocycles. The average molecular weight is 180 g/mol. The Bertz CT molecular complexity index is 215. The summed E-state index contributed by atoms with van der Waals surface area (Å²) in [6.07, 6.45) is 6.39. The van der Waals surface area contributed by atoms with Crippen LogP contribution in [0.4, 0.5) is 0 Å². The third-order valence-electron chi connectivity index (χ3n) is 3.38. The zero-order valence-corrected chi connectivity index (χ0v) is 8.97. The molecule has 0 aromatic carbocycles. The van der Waals surface area contributed by atoms with E-state index in [1.807, 2.05) is 0 Å². The SMILES string of the molecule is CC=C(C)C(C)C1CCCCC1=O. The van der Waals surface area contributed by atoms with Crippen LogP contribution in [0.1, 0.15) is 46.5 Å². The Balaban J connectivity index is 2.63. The van der Waals surface area contributed by atoms with Crippen LogP contribution in [-0.2, 0) is 4.79 Å². The van der Waals surface area contributed by atoms with E-state index >= 15 is 0 Å². The van der Waals surface area contributed by atoms with Gasteiger partial charge in [0.1, 0.15) is 5.78 Å². The molecule has 0 N–H and O–H groups in total. The summed E-state index contributed by atoms with van der Waals surface area (Å²) in [5, 5.41) is 0. The molecule has 13 heavy (non-hydrogen) atoms. The molecule has 0 bridgehead atoms. The van der Waals surface area contributed by atoms with E-state index in [2.05, 4.69) is 26.8 Å². The molecule has 1 nitrogen and oxygen atoms in total. The molecule has 1 rings (SSSR count). The van der Waals surface area contributed by atoms with Gasteiger partial charge in [-0.1, -0.05) is 25.0 Å². The first-order valence-electron chi connectivity index (χ1n) is 5.32. The maximum atomic E-state index is 11.6. The molecule has 0 radical (unpaired) electrons. The Morgan fingerprint density at radius 1 is 1.54 bits per heavy atom. The van der Waals surface area contributed by atoms with Crippen LogP contribution in [0.15, 0.2) is 11.6 Å². The molecule has 0 aromatic rings. The monoisotopic (exact) mass is 180 g/mol. The van der Waals surface area contributed by atoms with Crippen molar-refractivity contribution in [2.24, 2.45) is 11.8 Å². The summed E-state index contributed by atoms with van der Waals surface area (Å²) in [5.41, 5.74) is 1.36. The molecule has 1 aliphatic rings. The van der Waals surface area contributed by atoms with Gasteiger partial charge in [-0.3, -0.25) is 4.79 Å². The first-order chi connectivity index (χ1) is 6.16. The van der Waals surface area contributed by atoms with E-state index in [1.165, 1.54) is 12.0 Å². The van der Waals surface area contributed by atoms with Crippen molar-refractivity contribution in [2.75, 3.05) is 0 Å². The summed E-state index contributed by atoms with van der Waals surface area (Å²) in [6.45, 7) is 6.37. The normalized spacial score (nSPS) is 27.5. The Labute approximate surface area is 81.2 Å². The smallest absolute Gasteiger partial charge is 0.136 e. The molecule has 1 fully saturated rings. The Morgan fingerprint density at radius 2 is 2.23 bits per heavy atom. The highest BCUT2D eigenvalue weighted by molar-refractivity contribution is 5.82. The molecule has 0 saturated heterocycles. The van der Waals surface area contributed by atoms with Crippen molar-refractivity contribution in [3.8, 4) is 0 Å². The van der Waals surface area contributed by atoms with E-state index in [0.717, 1.165) is 19.3 Å². The third kappa shape index (κ3) is 2.43. The van der Waals surface area contributed by atoms with Gasteiger partial charge in [-0.05, 0) is 32.6 Å². The van der Waals surface area contributed by atoms with Crippen LogP contribution in [-0.4, -0.2) is 5.78 Å². The minimum absolute atomic E-state index is 0.310. The molecule has 2 unspecified atom stereocenters. The molecule has 1 saturated carbocycles. The van der Waals surface area contributed by atoms with Gasteiger partial charge in [-0.25, -0.2) is 0 Å². The van der Waals surface area contributed by atoms with Crippen LogP contribution in [0.5, 0.6) is 0 Å². The number of allylic oxidation sites excluding steroid dienone is 2. The second-order valence-corrected chi connectivity index (χ2v) is 4.14. The zero-order valence-electron chi connectivity index (χ0n) is 8.97. The van der Waals surface area contributed by atoms with Gasteiger partial charge in [0.05, 0.1) is 0 Å². The first kappa shape index (κ1) is 10.5. The molecular formula is C12H20O. The lowest BCUT2D eigenvalue weighted by Crippen LogP contribution is -2.25. The van der Waals surface area contributed by atoms with Crippen LogP contribution in [0, 0.1) is 11.8 Å². The molecular weight excluding hydrogens is 160 g/mol. The van der Waals surface area contributed by atoms with Gasteiger partial charge in [0.15, 0.2) is 0 Å². The van der Waals surface area contributed by atoms with E-state index in [1.54, 1.807) is 0 Å². The lowest BCUT2D eigenvalue weighted by molar-refractivity contribution is -0.125. The van der Waals surface area contributed by atoms with Crippen molar-refractivity contribution < 1.29 is 4.79 Å². The van der Waals surface area contributed by atoms with Crippen LogP contribution in [0.3, 0.4) is 0 Å². The van der Waals surface area contributed by atoms with E-state index < -0.39 is 0 Å². The molecule has 0 spiro atoms. The minimum atomic E-state index is 0.310. The van der Waals surface area contributed by atoms with E-state index in [4.69, 9.17) is 0 Å². The van der Waals surface area contributed by atoms with Gasteiger partial charge < -0.3 is 0 Å². The second-order valence-electron chi connectivity index (χ2n) is 4.14. The molecule has 0 aliphatic heterocycles. The molecule has 2 atom stereocenters. The highest BCUT2D eigenvalue weighted by Gasteiger charge is 2.27. The predicted octanol–water partition coefficient (Wildman–Crippen LogP) is 3.35. The predicted molar refractivity (Wildman–Crippen MR) is 55.6 cm³/mol.